The number of nitrogens with zero attached hydrogens (tertiary/aromatic N) is 4. The summed E-state index contributed by atoms with van der Waals surface area (Å²) in [7, 11) is 1.59. The number of hydrogen-bond donors (Lipinski definition) is 1. The van der Waals surface area contributed by atoms with Gasteiger partial charge in [0.15, 0.2) is 0 Å². The van der Waals surface area contributed by atoms with Crippen LogP contribution in [-0.4, -0.2) is 77.4 Å². The zero-order chi connectivity index (χ0) is 20.6. The van der Waals surface area contributed by atoms with E-state index in [0.717, 1.165) is 43.5 Å². The number of ether oxygens (including phenoxy) is 1. The van der Waals surface area contributed by atoms with Crippen molar-refractivity contribution in [2.45, 2.75) is 12.7 Å². The van der Waals surface area contributed by atoms with E-state index < -0.39 is 0 Å². The van der Waals surface area contributed by atoms with Crippen molar-refractivity contribution in [1.29, 1.82) is 0 Å². The highest BCUT2D eigenvalue weighted by molar-refractivity contribution is 7.99. The predicted molar refractivity (Wildman–Crippen MR) is 116 cm³/mol. The molecule has 0 bridgehead atoms. The smallest absolute Gasteiger partial charge is 0.286 e. The first kappa shape index (κ1) is 21.5. The first-order valence-electron chi connectivity index (χ1n) is 9.44. The van der Waals surface area contributed by atoms with Crippen LogP contribution in [0, 0.1) is 0 Å². The van der Waals surface area contributed by atoms with Crippen LogP contribution in [-0.2, 0) is 10.5 Å². The first-order valence-corrected chi connectivity index (χ1v) is 11.4. The average Bonchev–Trinajstić information content (AvgIpc) is 3.23. The molecule has 1 aromatic carbocycles. The number of rotatable bonds is 8. The fourth-order valence-electron chi connectivity index (χ4n) is 2.89. The zero-order valence-corrected chi connectivity index (χ0v) is 18.2. The summed E-state index contributed by atoms with van der Waals surface area (Å²) in [5.41, 5.74) is 0.663. The van der Waals surface area contributed by atoms with Gasteiger partial charge < -0.3 is 19.9 Å². The summed E-state index contributed by atoms with van der Waals surface area (Å²) in [5, 5.41) is 11.9. The molecule has 8 nitrogen and oxygen atoms in total. The van der Waals surface area contributed by atoms with Crippen LogP contribution in [0.15, 0.2) is 24.3 Å². The van der Waals surface area contributed by atoms with E-state index in [0.29, 0.717) is 22.2 Å². The van der Waals surface area contributed by atoms with E-state index in [2.05, 4.69) is 27.3 Å². The van der Waals surface area contributed by atoms with Crippen LogP contribution in [0.1, 0.15) is 21.7 Å². The Bertz CT molecular complexity index is 820. The van der Waals surface area contributed by atoms with E-state index in [-0.39, 0.29) is 11.8 Å². The van der Waals surface area contributed by atoms with Crippen LogP contribution in [0.4, 0.5) is 5.69 Å². The van der Waals surface area contributed by atoms with Gasteiger partial charge in [0.2, 0.25) is 10.9 Å². The van der Waals surface area contributed by atoms with E-state index in [1.807, 2.05) is 4.90 Å². The van der Waals surface area contributed by atoms with Gasteiger partial charge in [-0.25, -0.2) is 0 Å². The molecule has 2 aromatic rings. The van der Waals surface area contributed by atoms with Crippen LogP contribution in [0.3, 0.4) is 0 Å². The molecule has 0 aliphatic carbocycles. The average molecular weight is 436 g/mol. The Balaban J connectivity index is 1.42. The number of aromatic nitrogens is 2. The van der Waals surface area contributed by atoms with Crippen LogP contribution in [0.2, 0.25) is 0 Å². The Morgan fingerprint density at radius 3 is 2.55 bits per heavy atom. The van der Waals surface area contributed by atoms with E-state index in [1.54, 1.807) is 31.4 Å². The summed E-state index contributed by atoms with van der Waals surface area (Å²) in [6.45, 7) is 6.64. The summed E-state index contributed by atoms with van der Waals surface area (Å²) in [5.74, 6) is 1.56. The lowest BCUT2D eigenvalue weighted by Gasteiger charge is -2.34. The SMILES string of the molecule is CCN1CCN(C(=O)CSCc2nnc(C(=O)Nc3ccc(OC)cc3)s2)CC1. The van der Waals surface area contributed by atoms with Crippen molar-refractivity contribution in [2.24, 2.45) is 0 Å². The molecule has 29 heavy (non-hydrogen) atoms. The molecule has 0 spiro atoms. The van der Waals surface area contributed by atoms with E-state index in [4.69, 9.17) is 4.74 Å². The van der Waals surface area contributed by atoms with Gasteiger partial charge in [0.25, 0.3) is 5.91 Å². The minimum atomic E-state index is -0.297. The predicted octanol–water partition coefficient (Wildman–Crippen LogP) is 2.20. The minimum Gasteiger partial charge on any atom is -0.497 e. The Morgan fingerprint density at radius 2 is 1.90 bits per heavy atom. The maximum atomic E-state index is 12.3. The fraction of sp³-hybridized carbons (Fsp3) is 0.474. The molecule has 2 amide bonds. The normalized spacial score (nSPS) is 14.6. The molecule has 1 N–H and O–H groups in total. The van der Waals surface area contributed by atoms with Gasteiger partial charge in [-0.3, -0.25) is 9.59 Å². The van der Waals surface area contributed by atoms with Gasteiger partial charge in [-0.1, -0.05) is 18.3 Å². The number of amides is 2. The lowest BCUT2D eigenvalue weighted by atomic mass is 10.3. The molecule has 1 aromatic heterocycles. The highest BCUT2D eigenvalue weighted by Crippen LogP contribution is 2.20. The van der Waals surface area contributed by atoms with E-state index in [9.17, 15) is 9.59 Å². The molecule has 1 aliphatic heterocycles. The molecule has 1 saturated heterocycles. The van der Waals surface area contributed by atoms with Gasteiger partial charge >= 0.3 is 0 Å². The summed E-state index contributed by atoms with van der Waals surface area (Å²) in [4.78, 5) is 28.9. The second kappa shape index (κ2) is 10.6. The van der Waals surface area contributed by atoms with Crippen molar-refractivity contribution >= 4 is 40.6 Å². The van der Waals surface area contributed by atoms with Gasteiger partial charge in [0.1, 0.15) is 10.8 Å². The Labute approximate surface area is 178 Å². The monoisotopic (exact) mass is 435 g/mol. The van der Waals surface area contributed by atoms with Crippen LogP contribution in [0.5, 0.6) is 5.75 Å². The van der Waals surface area contributed by atoms with Crippen LogP contribution < -0.4 is 10.1 Å². The minimum absolute atomic E-state index is 0.160. The summed E-state index contributed by atoms with van der Waals surface area (Å²) < 4.78 is 5.10. The molecule has 1 aliphatic rings. The van der Waals surface area contributed by atoms with Crippen LogP contribution >= 0.6 is 23.1 Å². The summed E-state index contributed by atoms with van der Waals surface area (Å²) >= 11 is 2.75. The first-order chi connectivity index (χ1) is 14.1. The Kier molecular flexibility index (Phi) is 7.84. The van der Waals surface area contributed by atoms with Crippen molar-refractivity contribution in [3.8, 4) is 5.75 Å². The number of carbonyl (C=O) groups excluding carboxylic acids is 2. The molecular weight excluding hydrogens is 410 g/mol. The summed E-state index contributed by atoms with van der Waals surface area (Å²) in [6, 6.07) is 7.08. The number of hydrogen-bond acceptors (Lipinski definition) is 8. The van der Waals surface area contributed by atoms with Crippen molar-refractivity contribution in [1.82, 2.24) is 20.0 Å². The van der Waals surface area contributed by atoms with Crippen molar-refractivity contribution in [3.63, 3.8) is 0 Å². The molecule has 0 radical (unpaired) electrons. The molecule has 0 atom stereocenters. The van der Waals surface area contributed by atoms with Crippen molar-refractivity contribution in [2.75, 3.05) is 50.9 Å². The third-order valence-electron chi connectivity index (χ3n) is 4.63. The topological polar surface area (TPSA) is 87.7 Å². The number of piperazine rings is 1. The molecule has 0 unspecified atom stereocenters. The number of nitrogens with one attached hydrogen (secondary N) is 1. The van der Waals surface area contributed by atoms with Crippen LogP contribution in [0.25, 0.3) is 0 Å². The Morgan fingerprint density at radius 1 is 1.17 bits per heavy atom. The number of methoxy groups -OCH3 is 1. The summed E-state index contributed by atoms with van der Waals surface area (Å²) in [6.07, 6.45) is 0. The zero-order valence-electron chi connectivity index (χ0n) is 16.6. The standard InChI is InChI=1S/C19H25N5O3S2/c1-3-23-8-10-24(11-9-23)17(25)13-28-12-16-21-22-19(29-16)18(26)20-14-4-6-15(27-2)7-5-14/h4-7H,3,8-13H2,1-2H3,(H,20,26). The number of carbonyl (C=O) groups is 2. The molecule has 0 saturated carbocycles. The van der Waals surface area contributed by atoms with Gasteiger partial charge in [-0.15, -0.1) is 22.0 Å². The number of anilines is 1. The molecular formula is C19H25N5O3S2. The molecule has 10 heteroatoms. The lowest BCUT2D eigenvalue weighted by Crippen LogP contribution is -2.49. The second-order valence-corrected chi connectivity index (χ2v) is 8.54. The van der Waals surface area contributed by atoms with Crippen molar-refractivity contribution < 1.29 is 14.3 Å². The molecule has 156 valence electrons. The van der Waals surface area contributed by atoms with Gasteiger partial charge in [0, 0.05) is 37.6 Å². The number of likely N-dealkylation sites (N-methyl/N-ethyl adjacent to an activating group) is 1. The van der Waals surface area contributed by atoms with Gasteiger partial charge in [-0.2, -0.15) is 0 Å². The molecule has 2 heterocycles. The largest absolute Gasteiger partial charge is 0.497 e. The molecule has 3 rings (SSSR count). The third-order valence-corrected chi connectivity index (χ3v) is 6.67. The van der Waals surface area contributed by atoms with Gasteiger partial charge in [0.05, 0.1) is 12.9 Å². The maximum absolute atomic E-state index is 12.3. The fourth-order valence-corrected chi connectivity index (χ4v) is 4.60. The highest BCUT2D eigenvalue weighted by Gasteiger charge is 2.20. The van der Waals surface area contributed by atoms with E-state index >= 15 is 0 Å². The third kappa shape index (κ3) is 6.15. The lowest BCUT2D eigenvalue weighted by molar-refractivity contribution is -0.130. The number of benzene rings is 1. The quantitative estimate of drug-likeness (QED) is 0.680. The molecule has 1 fully saturated rings. The van der Waals surface area contributed by atoms with E-state index in [1.165, 1.54) is 23.1 Å². The highest BCUT2D eigenvalue weighted by atomic mass is 32.2. The Hall–Kier alpha value is -2.17. The maximum Gasteiger partial charge on any atom is 0.286 e. The number of thioether (sulfide) groups is 1. The van der Waals surface area contributed by atoms with Crippen molar-refractivity contribution in [3.05, 3.63) is 34.3 Å². The van der Waals surface area contributed by atoms with Gasteiger partial charge in [-0.05, 0) is 30.8 Å². The second-order valence-electron chi connectivity index (χ2n) is 6.49.